The summed E-state index contributed by atoms with van der Waals surface area (Å²) in [5.74, 6) is 0.469. The van der Waals surface area contributed by atoms with Crippen molar-refractivity contribution in [3.05, 3.63) is 36.0 Å². The molecule has 7 nitrogen and oxygen atoms in total. The Morgan fingerprint density at radius 1 is 1.17 bits per heavy atom. The number of para-hydroxylation sites is 1. The van der Waals surface area contributed by atoms with Crippen LogP contribution in [0, 0.1) is 11.8 Å². The summed E-state index contributed by atoms with van der Waals surface area (Å²) >= 11 is 0. The van der Waals surface area contributed by atoms with Crippen molar-refractivity contribution in [2.24, 2.45) is 11.8 Å². The fraction of sp³-hybridized carbons (Fsp3) is 0.565. The molecular formula is C23H32N4O3. The van der Waals surface area contributed by atoms with E-state index in [1.807, 2.05) is 42.2 Å². The van der Waals surface area contributed by atoms with Gasteiger partial charge in [0.1, 0.15) is 5.69 Å². The van der Waals surface area contributed by atoms with Crippen molar-refractivity contribution < 1.29 is 14.3 Å². The van der Waals surface area contributed by atoms with E-state index >= 15 is 0 Å². The first kappa shape index (κ1) is 20.9. The average Bonchev–Trinajstić information content (AvgIpc) is 3.23. The topological polar surface area (TPSA) is 77.7 Å². The van der Waals surface area contributed by atoms with Crippen LogP contribution in [-0.2, 0) is 9.53 Å². The van der Waals surface area contributed by atoms with Crippen LogP contribution in [0.4, 0.5) is 0 Å². The molecular weight excluding hydrogens is 380 g/mol. The lowest BCUT2D eigenvalue weighted by atomic mass is 9.84. The van der Waals surface area contributed by atoms with Crippen molar-refractivity contribution in [3.63, 3.8) is 0 Å². The smallest absolute Gasteiger partial charge is 0.270 e. The third-order valence-electron chi connectivity index (χ3n) is 6.54. The van der Waals surface area contributed by atoms with Crippen molar-refractivity contribution in [2.75, 3.05) is 52.5 Å². The number of nitrogens with one attached hydrogen (secondary N) is 2. The molecule has 0 spiro atoms. The largest absolute Gasteiger partial charge is 0.379 e. The minimum atomic E-state index is -0.0278. The number of piperidine rings is 1. The first-order chi connectivity index (χ1) is 14.6. The van der Waals surface area contributed by atoms with E-state index in [1.165, 1.54) is 0 Å². The minimum absolute atomic E-state index is 0.0278. The summed E-state index contributed by atoms with van der Waals surface area (Å²) in [4.78, 5) is 32.9. The van der Waals surface area contributed by atoms with Gasteiger partial charge in [0, 0.05) is 56.1 Å². The highest BCUT2D eigenvalue weighted by molar-refractivity contribution is 5.98. The third-order valence-corrected chi connectivity index (χ3v) is 6.54. The zero-order valence-corrected chi connectivity index (χ0v) is 17.7. The fourth-order valence-electron chi connectivity index (χ4n) is 4.50. The van der Waals surface area contributed by atoms with Gasteiger partial charge in [0.25, 0.3) is 5.91 Å². The van der Waals surface area contributed by atoms with Crippen LogP contribution in [0.5, 0.6) is 0 Å². The second-order valence-corrected chi connectivity index (χ2v) is 8.43. The Hall–Kier alpha value is -2.38. The second-order valence-electron chi connectivity index (χ2n) is 8.43. The van der Waals surface area contributed by atoms with Gasteiger partial charge in [-0.15, -0.1) is 0 Å². The maximum atomic E-state index is 12.9. The number of benzene rings is 1. The first-order valence-electron chi connectivity index (χ1n) is 11.1. The number of aromatic nitrogens is 1. The zero-order chi connectivity index (χ0) is 20.9. The lowest BCUT2D eigenvalue weighted by Crippen LogP contribution is -2.45. The summed E-state index contributed by atoms with van der Waals surface area (Å²) in [7, 11) is 0. The highest BCUT2D eigenvalue weighted by atomic mass is 16.5. The Labute approximate surface area is 177 Å². The van der Waals surface area contributed by atoms with Gasteiger partial charge in [0.2, 0.25) is 5.91 Å². The Kier molecular flexibility index (Phi) is 6.69. The number of nitrogens with zero attached hydrogens (tertiary/aromatic N) is 2. The quantitative estimate of drug-likeness (QED) is 0.762. The number of aromatic amines is 1. The Morgan fingerprint density at radius 3 is 2.63 bits per heavy atom. The molecule has 2 saturated heterocycles. The molecule has 4 rings (SSSR count). The van der Waals surface area contributed by atoms with E-state index < -0.39 is 0 Å². The first-order valence-corrected chi connectivity index (χ1v) is 11.1. The van der Waals surface area contributed by atoms with Crippen molar-refractivity contribution in [1.29, 1.82) is 0 Å². The van der Waals surface area contributed by atoms with E-state index in [2.05, 4.69) is 15.2 Å². The Morgan fingerprint density at radius 2 is 1.90 bits per heavy atom. The number of carbonyl (C=O) groups is 2. The average molecular weight is 413 g/mol. The molecule has 0 unspecified atom stereocenters. The van der Waals surface area contributed by atoms with Crippen LogP contribution in [0.1, 0.15) is 30.3 Å². The number of ether oxygens (including phenoxy) is 1. The molecule has 162 valence electrons. The number of H-pyrrole nitrogens is 1. The number of fused-ring (bicyclic) bond motifs is 1. The van der Waals surface area contributed by atoms with Gasteiger partial charge < -0.3 is 19.9 Å². The number of carbonyl (C=O) groups excluding carboxylic acids is 2. The summed E-state index contributed by atoms with van der Waals surface area (Å²) in [6.45, 7) is 8.40. The maximum absolute atomic E-state index is 12.9. The van der Waals surface area contributed by atoms with Crippen molar-refractivity contribution in [1.82, 2.24) is 20.1 Å². The van der Waals surface area contributed by atoms with Gasteiger partial charge in [0.05, 0.1) is 13.2 Å². The van der Waals surface area contributed by atoms with E-state index in [0.717, 1.165) is 56.6 Å². The molecule has 0 bridgehead atoms. The van der Waals surface area contributed by atoms with Crippen LogP contribution in [0.2, 0.25) is 0 Å². The molecule has 0 aliphatic carbocycles. The van der Waals surface area contributed by atoms with Gasteiger partial charge in [-0.25, -0.2) is 0 Å². The van der Waals surface area contributed by atoms with Crippen LogP contribution in [0.25, 0.3) is 10.9 Å². The maximum Gasteiger partial charge on any atom is 0.270 e. The highest BCUT2D eigenvalue weighted by Gasteiger charge is 2.30. The molecule has 1 atom stereocenters. The minimum Gasteiger partial charge on any atom is -0.379 e. The number of morpholine rings is 1. The molecule has 1 aromatic heterocycles. The molecule has 2 aliphatic rings. The normalized spacial score (nSPS) is 19.7. The Balaban J connectivity index is 1.23. The second kappa shape index (κ2) is 9.62. The van der Waals surface area contributed by atoms with Crippen LogP contribution < -0.4 is 5.32 Å². The molecule has 2 aromatic rings. The predicted octanol–water partition coefficient (Wildman–Crippen LogP) is 2.10. The standard InChI is InChI=1S/C23H32N4O3/c1-17(22(28)24-8-11-26-12-14-30-15-13-26)18-6-9-27(10-7-18)23(29)21-16-19-4-2-3-5-20(19)25-21/h2-5,16-18,25H,6-15H2,1H3,(H,24,28)/t17-/m0/s1. The number of likely N-dealkylation sites (tertiary alicyclic amines) is 1. The zero-order valence-electron chi connectivity index (χ0n) is 17.7. The van der Waals surface area contributed by atoms with Crippen LogP contribution in [0.3, 0.4) is 0 Å². The van der Waals surface area contributed by atoms with Crippen molar-refractivity contribution >= 4 is 22.7 Å². The number of amides is 2. The van der Waals surface area contributed by atoms with E-state index in [-0.39, 0.29) is 17.7 Å². The van der Waals surface area contributed by atoms with Gasteiger partial charge in [-0.3, -0.25) is 14.5 Å². The lowest BCUT2D eigenvalue weighted by Gasteiger charge is -2.34. The Bertz CT molecular complexity index is 833. The summed E-state index contributed by atoms with van der Waals surface area (Å²) in [5, 5.41) is 4.15. The molecule has 1 aromatic carbocycles. The van der Waals surface area contributed by atoms with Crippen LogP contribution in [-0.4, -0.2) is 79.1 Å². The summed E-state index contributed by atoms with van der Waals surface area (Å²) in [5.41, 5.74) is 1.63. The van der Waals surface area contributed by atoms with Crippen LogP contribution in [0.15, 0.2) is 30.3 Å². The van der Waals surface area contributed by atoms with E-state index in [0.29, 0.717) is 31.2 Å². The van der Waals surface area contributed by atoms with E-state index in [9.17, 15) is 9.59 Å². The molecule has 2 aliphatic heterocycles. The molecule has 0 saturated carbocycles. The number of rotatable bonds is 6. The van der Waals surface area contributed by atoms with E-state index in [4.69, 9.17) is 4.74 Å². The molecule has 30 heavy (non-hydrogen) atoms. The van der Waals surface area contributed by atoms with Crippen molar-refractivity contribution in [2.45, 2.75) is 19.8 Å². The van der Waals surface area contributed by atoms with Gasteiger partial charge in [0.15, 0.2) is 0 Å². The summed E-state index contributed by atoms with van der Waals surface area (Å²) < 4.78 is 5.35. The van der Waals surface area contributed by atoms with Gasteiger partial charge in [-0.05, 0) is 30.9 Å². The number of hydrogen-bond donors (Lipinski definition) is 2. The lowest BCUT2D eigenvalue weighted by molar-refractivity contribution is -0.126. The third kappa shape index (κ3) is 4.84. The van der Waals surface area contributed by atoms with Gasteiger partial charge in [-0.1, -0.05) is 25.1 Å². The summed E-state index contributed by atoms with van der Waals surface area (Å²) in [6, 6.07) is 9.86. The molecule has 7 heteroatoms. The molecule has 3 heterocycles. The molecule has 0 radical (unpaired) electrons. The SMILES string of the molecule is C[C@H](C(=O)NCCN1CCOCC1)C1CCN(C(=O)c2cc3ccccc3[nH]2)CC1. The predicted molar refractivity (Wildman–Crippen MR) is 116 cm³/mol. The molecule has 2 N–H and O–H groups in total. The van der Waals surface area contributed by atoms with E-state index in [1.54, 1.807) is 0 Å². The molecule has 2 fully saturated rings. The van der Waals surface area contributed by atoms with Crippen molar-refractivity contribution in [3.8, 4) is 0 Å². The fourth-order valence-corrected chi connectivity index (χ4v) is 4.50. The van der Waals surface area contributed by atoms with Gasteiger partial charge in [-0.2, -0.15) is 0 Å². The molecule has 2 amide bonds. The monoisotopic (exact) mass is 412 g/mol. The number of hydrogen-bond acceptors (Lipinski definition) is 4. The summed E-state index contributed by atoms with van der Waals surface area (Å²) in [6.07, 6.45) is 1.73. The van der Waals surface area contributed by atoms with Crippen LogP contribution >= 0.6 is 0 Å². The van der Waals surface area contributed by atoms with Gasteiger partial charge >= 0.3 is 0 Å². The highest BCUT2D eigenvalue weighted by Crippen LogP contribution is 2.26.